The van der Waals surface area contributed by atoms with Gasteiger partial charge < -0.3 is 5.32 Å². The topological polar surface area (TPSA) is 59.3 Å². The molecule has 0 saturated heterocycles. The molecule has 0 atom stereocenters. The van der Waals surface area contributed by atoms with Crippen molar-refractivity contribution in [3.05, 3.63) is 86.6 Å². The van der Waals surface area contributed by atoms with Crippen LogP contribution in [0.5, 0.6) is 0 Å². The van der Waals surface area contributed by atoms with E-state index in [1.807, 2.05) is 43.3 Å². The summed E-state index contributed by atoms with van der Waals surface area (Å²) >= 11 is 18.4. The van der Waals surface area contributed by atoms with Crippen LogP contribution in [0.2, 0.25) is 15.1 Å². The third kappa shape index (κ3) is 4.15. The largest absolute Gasteiger partial charge is 0.352 e. The van der Waals surface area contributed by atoms with Crippen molar-refractivity contribution >= 4 is 46.4 Å². The molecule has 0 aliphatic rings. The van der Waals surface area contributed by atoms with E-state index < -0.39 is 0 Å². The van der Waals surface area contributed by atoms with Crippen LogP contribution in [0.3, 0.4) is 0 Å². The highest BCUT2D eigenvalue weighted by Crippen LogP contribution is 2.27. The van der Waals surface area contributed by atoms with Gasteiger partial charge in [-0.15, -0.1) is 0 Å². The van der Waals surface area contributed by atoms with E-state index >= 15 is 0 Å². The molecule has 2 aromatic heterocycles. The number of benzene rings is 2. The van der Waals surface area contributed by atoms with Crippen LogP contribution in [0.15, 0.2) is 54.7 Å². The Bertz CT molecular complexity index is 1250. The summed E-state index contributed by atoms with van der Waals surface area (Å²) in [6.07, 6.45) is 2.15. The van der Waals surface area contributed by atoms with Crippen molar-refractivity contribution in [2.24, 2.45) is 0 Å². The third-order valence-corrected chi connectivity index (χ3v) is 5.73. The number of fused-ring (bicyclic) bond motifs is 1. The maximum Gasteiger partial charge on any atom is 0.254 e. The summed E-state index contributed by atoms with van der Waals surface area (Å²) in [7, 11) is 0. The highest BCUT2D eigenvalue weighted by atomic mass is 35.5. The highest BCUT2D eigenvalue weighted by Gasteiger charge is 2.16. The van der Waals surface area contributed by atoms with Crippen LogP contribution in [0.25, 0.3) is 16.9 Å². The number of rotatable bonds is 5. The van der Waals surface area contributed by atoms with Crippen molar-refractivity contribution in [2.75, 3.05) is 6.54 Å². The third-order valence-electron chi connectivity index (χ3n) is 4.81. The molecule has 0 saturated carbocycles. The number of aryl methyl sites for hydroxylation is 1. The molecular weight excluding hydrogens is 443 g/mol. The van der Waals surface area contributed by atoms with Gasteiger partial charge in [0.1, 0.15) is 0 Å². The first-order valence-electron chi connectivity index (χ1n) is 9.26. The Balaban J connectivity index is 1.53. The van der Waals surface area contributed by atoms with E-state index in [4.69, 9.17) is 34.8 Å². The average molecular weight is 460 g/mol. The molecule has 1 N–H and O–H groups in total. The van der Waals surface area contributed by atoms with E-state index in [-0.39, 0.29) is 5.91 Å². The SMILES string of the molecule is Cc1c(C(=O)NCCc2ccc(Cl)cc2Cl)cnc2cc(-c3ccccc3Cl)nn12. The molecule has 30 heavy (non-hydrogen) atoms. The maximum atomic E-state index is 12.7. The van der Waals surface area contributed by atoms with Crippen LogP contribution in [0, 0.1) is 6.92 Å². The zero-order chi connectivity index (χ0) is 21.3. The number of carbonyl (C=O) groups excluding carboxylic acids is 1. The van der Waals surface area contributed by atoms with E-state index in [2.05, 4.69) is 15.4 Å². The number of hydrogen-bond acceptors (Lipinski definition) is 3. The first-order chi connectivity index (χ1) is 14.4. The second-order valence-corrected chi connectivity index (χ2v) is 8.03. The Labute approximate surface area is 188 Å². The molecule has 0 fully saturated rings. The molecule has 0 spiro atoms. The van der Waals surface area contributed by atoms with Crippen LogP contribution in [0.1, 0.15) is 21.6 Å². The lowest BCUT2D eigenvalue weighted by Gasteiger charge is -2.09. The van der Waals surface area contributed by atoms with E-state index in [0.717, 1.165) is 11.1 Å². The van der Waals surface area contributed by atoms with Crippen LogP contribution >= 0.6 is 34.8 Å². The molecule has 0 aliphatic heterocycles. The van der Waals surface area contributed by atoms with Gasteiger partial charge in [0.25, 0.3) is 5.91 Å². The average Bonchev–Trinajstić information content (AvgIpc) is 3.15. The Morgan fingerprint density at radius 1 is 1.07 bits per heavy atom. The molecule has 0 aliphatic carbocycles. The summed E-state index contributed by atoms with van der Waals surface area (Å²) in [4.78, 5) is 17.1. The lowest BCUT2D eigenvalue weighted by atomic mass is 10.1. The summed E-state index contributed by atoms with van der Waals surface area (Å²) in [6.45, 7) is 2.27. The summed E-state index contributed by atoms with van der Waals surface area (Å²) < 4.78 is 1.66. The molecule has 2 heterocycles. The standard InChI is InChI=1S/C22H17Cl3N4O/c1-13-17(22(30)26-9-8-14-6-7-15(23)10-19(14)25)12-27-21-11-20(28-29(13)21)16-4-2-3-5-18(16)24/h2-7,10-12H,8-9H2,1H3,(H,26,30). The smallest absolute Gasteiger partial charge is 0.254 e. The maximum absolute atomic E-state index is 12.7. The van der Waals surface area contributed by atoms with Gasteiger partial charge >= 0.3 is 0 Å². The lowest BCUT2D eigenvalue weighted by molar-refractivity contribution is 0.0952. The molecule has 4 rings (SSSR count). The molecule has 0 bridgehead atoms. The summed E-state index contributed by atoms with van der Waals surface area (Å²) in [6, 6.07) is 14.6. The van der Waals surface area contributed by atoms with Gasteiger partial charge in [-0.1, -0.05) is 59.1 Å². The Hall–Kier alpha value is -2.60. The quantitative estimate of drug-likeness (QED) is 0.420. The molecule has 0 unspecified atom stereocenters. The number of halogens is 3. The van der Waals surface area contributed by atoms with Crippen LogP contribution in [-0.4, -0.2) is 27.0 Å². The number of carbonyl (C=O) groups is 1. The van der Waals surface area contributed by atoms with E-state index in [1.54, 1.807) is 22.8 Å². The molecular formula is C22H17Cl3N4O. The van der Waals surface area contributed by atoms with Gasteiger partial charge in [0.15, 0.2) is 5.65 Å². The molecule has 1 amide bonds. The van der Waals surface area contributed by atoms with Gasteiger partial charge in [-0.2, -0.15) is 5.10 Å². The van der Waals surface area contributed by atoms with Gasteiger partial charge in [-0.25, -0.2) is 9.50 Å². The molecule has 4 aromatic rings. The van der Waals surface area contributed by atoms with E-state index in [9.17, 15) is 4.79 Å². The van der Waals surface area contributed by atoms with Gasteiger partial charge in [0, 0.05) is 34.4 Å². The fourth-order valence-electron chi connectivity index (χ4n) is 3.20. The first kappa shape index (κ1) is 20.7. The number of amides is 1. The van der Waals surface area contributed by atoms with Crippen molar-refractivity contribution in [2.45, 2.75) is 13.3 Å². The van der Waals surface area contributed by atoms with Gasteiger partial charge in [0.05, 0.1) is 22.0 Å². The van der Waals surface area contributed by atoms with E-state index in [1.165, 1.54) is 0 Å². The molecule has 152 valence electrons. The van der Waals surface area contributed by atoms with Gasteiger partial charge in [-0.05, 0) is 37.1 Å². The minimum atomic E-state index is -0.221. The summed E-state index contributed by atoms with van der Waals surface area (Å²) in [5.41, 5.74) is 4.23. The number of hydrogen-bond donors (Lipinski definition) is 1. The Kier molecular flexibility index (Phi) is 5.95. The summed E-state index contributed by atoms with van der Waals surface area (Å²) in [5, 5.41) is 9.28. The number of nitrogens with one attached hydrogen (secondary N) is 1. The minimum Gasteiger partial charge on any atom is -0.352 e. The predicted octanol–water partition coefficient (Wildman–Crippen LogP) is 5.64. The normalized spacial score (nSPS) is 11.1. The Morgan fingerprint density at radius 2 is 1.87 bits per heavy atom. The second-order valence-electron chi connectivity index (χ2n) is 6.78. The van der Waals surface area contributed by atoms with E-state index in [0.29, 0.717) is 50.6 Å². The minimum absolute atomic E-state index is 0.221. The van der Waals surface area contributed by atoms with Crippen LogP contribution in [-0.2, 0) is 6.42 Å². The van der Waals surface area contributed by atoms with Crippen molar-refractivity contribution in [3.63, 3.8) is 0 Å². The van der Waals surface area contributed by atoms with Crippen molar-refractivity contribution in [3.8, 4) is 11.3 Å². The lowest BCUT2D eigenvalue weighted by Crippen LogP contribution is -2.27. The molecule has 8 heteroatoms. The van der Waals surface area contributed by atoms with Gasteiger partial charge in [0.2, 0.25) is 0 Å². The monoisotopic (exact) mass is 458 g/mol. The molecule has 5 nitrogen and oxygen atoms in total. The zero-order valence-electron chi connectivity index (χ0n) is 16.0. The summed E-state index contributed by atoms with van der Waals surface area (Å²) in [5.74, 6) is -0.221. The van der Waals surface area contributed by atoms with Crippen molar-refractivity contribution < 1.29 is 4.79 Å². The molecule has 0 radical (unpaired) electrons. The second kappa shape index (κ2) is 8.64. The van der Waals surface area contributed by atoms with Crippen molar-refractivity contribution in [1.29, 1.82) is 0 Å². The first-order valence-corrected chi connectivity index (χ1v) is 10.4. The van der Waals surface area contributed by atoms with Crippen LogP contribution in [0.4, 0.5) is 0 Å². The number of nitrogens with zero attached hydrogens (tertiary/aromatic N) is 3. The predicted molar refractivity (Wildman–Crippen MR) is 121 cm³/mol. The van der Waals surface area contributed by atoms with Crippen LogP contribution < -0.4 is 5.32 Å². The highest BCUT2D eigenvalue weighted by molar-refractivity contribution is 6.35. The zero-order valence-corrected chi connectivity index (χ0v) is 18.3. The fraction of sp³-hybridized carbons (Fsp3) is 0.136. The van der Waals surface area contributed by atoms with Gasteiger partial charge in [-0.3, -0.25) is 4.79 Å². The molecule has 2 aromatic carbocycles. The Morgan fingerprint density at radius 3 is 2.63 bits per heavy atom. The number of aromatic nitrogens is 3. The van der Waals surface area contributed by atoms with Crippen molar-refractivity contribution in [1.82, 2.24) is 19.9 Å². The fourth-order valence-corrected chi connectivity index (χ4v) is 3.94.